The van der Waals surface area contributed by atoms with E-state index in [1.165, 1.54) is 117 Å². The zero-order valence-electron chi connectivity index (χ0n) is 40.8. The van der Waals surface area contributed by atoms with E-state index in [9.17, 15) is 0 Å². The van der Waals surface area contributed by atoms with Crippen LogP contribution in [-0.2, 0) is 27.1 Å². The molecule has 2 aliphatic heterocycles. The summed E-state index contributed by atoms with van der Waals surface area (Å²) in [7, 11) is 0. The van der Waals surface area contributed by atoms with E-state index in [0.29, 0.717) is 0 Å². The highest BCUT2D eigenvalue weighted by Gasteiger charge is 2.50. The van der Waals surface area contributed by atoms with E-state index in [4.69, 9.17) is 4.42 Å². The summed E-state index contributed by atoms with van der Waals surface area (Å²) < 4.78 is 10.1. The van der Waals surface area contributed by atoms with Crippen LogP contribution in [0.15, 0.2) is 126 Å². The summed E-state index contributed by atoms with van der Waals surface area (Å²) >= 11 is 0. The minimum absolute atomic E-state index is 0.0228. The van der Waals surface area contributed by atoms with E-state index in [0.717, 1.165) is 30.4 Å². The van der Waals surface area contributed by atoms with Crippen LogP contribution in [0.2, 0.25) is 0 Å². The van der Waals surface area contributed by atoms with Crippen molar-refractivity contribution >= 4 is 72.9 Å². The van der Waals surface area contributed by atoms with Crippen LogP contribution in [0.1, 0.15) is 130 Å². The maximum atomic E-state index is 7.40. The molecule has 66 heavy (non-hydrogen) atoms. The van der Waals surface area contributed by atoms with Gasteiger partial charge in [-0.3, -0.25) is 0 Å². The van der Waals surface area contributed by atoms with Gasteiger partial charge in [-0.2, -0.15) is 0 Å². The molecular formula is C62H61BN2O. The quantitative estimate of drug-likeness (QED) is 0.162. The van der Waals surface area contributed by atoms with E-state index in [1.54, 1.807) is 0 Å². The lowest BCUT2D eigenvalue weighted by Crippen LogP contribution is -2.61. The molecule has 3 nitrogen and oxygen atoms in total. The highest BCUT2D eigenvalue weighted by Crippen LogP contribution is 2.56. The SMILES string of the molecule is CC(C)(C)c1ccc2c(c1)c1c3c(oc4ccccc43)c3c4c1n2-c1cc2c(cc1B4N(c1ccc(-c4ccccc4)cc1)c1cc4c(cc1-3)C(C)(C)CCC4(C)C)C(C)(C)CCC2(C)C. The summed E-state index contributed by atoms with van der Waals surface area (Å²) in [6, 6.07) is 47.0. The van der Waals surface area contributed by atoms with E-state index in [-0.39, 0.29) is 33.9 Å². The van der Waals surface area contributed by atoms with Crippen molar-refractivity contribution in [1.29, 1.82) is 0 Å². The third kappa shape index (κ3) is 5.33. The predicted molar refractivity (Wildman–Crippen MR) is 282 cm³/mol. The van der Waals surface area contributed by atoms with Crippen molar-refractivity contribution in [3.8, 4) is 27.9 Å². The Morgan fingerprint density at radius 1 is 0.545 bits per heavy atom. The number of para-hydroxylation sites is 1. The Balaban J connectivity index is 1.26. The van der Waals surface area contributed by atoms with Crippen LogP contribution in [0.5, 0.6) is 0 Å². The molecule has 0 fully saturated rings. The summed E-state index contributed by atoms with van der Waals surface area (Å²) in [6.07, 6.45) is 4.63. The normalized spacial score (nSPS) is 18.4. The van der Waals surface area contributed by atoms with Crippen LogP contribution in [0, 0.1) is 0 Å². The molecule has 0 spiro atoms. The van der Waals surface area contributed by atoms with Crippen molar-refractivity contribution in [2.24, 2.45) is 0 Å². The van der Waals surface area contributed by atoms with E-state index < -0.39 is 0 Å². The van der Waals surface area contributed by atoms with E-state index >= 15 is 0 Å². The van der Waals surface area contributed by atoms with E-state index in [2.05, 4.69) is 207 Å². The Morgan fingerprint density at radius 3 is 1.77 bits per heavy atom. The number of furan rings is 1. The van der Waals surface area contributed by atoms with Crippen LogP contribution in [0.3, 0.4) is 0 Å². The van der Waals surface area contributed by atoms with Gasteiger partial charge in [0.1, 0.15) is 11.2 Å². The van der Waals surface area contributed by atoms with E-state index in [1.807, 2.05) is 0 Å². The van der Waals surface area contributed by atoms with Crippen molar-refractivity contribution in [2.45, 2.75) is 129 Å². The lowest BCUT2D eigenvalue weighted by atomic mass is 9.43. The minimum Gasteiger partial charge on any atom is -0.455 e. The second kappa shape index (κ2) is 12.9. The highest BCUT2D eigenvalue weighted by atomic mass is 16.3. The monoisotopic (exact) mass is 860 g/mol. The third-order valence-corrected chi connectivity index (χ3v) is 17.2. The van der Waals surface area contributed by atoms with Gasteiger partial charge in [0.25, 0.3) is 0 Å². The van der Waals surface area contributed by atoms with Crippen molar-refractivity contribution in [3.63, 3.8) is 0 Å². The maximum absolute atomic E-state index is 7.40. The van der Waals surface area contributed by atoms with Crippen molar-refractivity contribution in [1.82, 2.24) is 4.57 Å². The second-order valence-corrected chi connectivity index (χ2v) is 24.2. The fourth-order valence-corrected chi connectivity index (χ4v) is 13.1. The standard InChI is InChI=1S/C62H61BN2O/c1-58(2,3)38-23-26-48-41(31-38)52-53-40-19-15-16-20-51(40)66-57(53)54-42-32-43-45(61(8,9)29-27-59(43,4)5)34-49(42)65(39-24-21-37(22-25-39)36-17-13-12-14-18-36)63-47-33-44-46(62(10,11)30-28-60(44,6)7)35-50(47)64(48)56(52)55(54)63/h12-26,31-35H,27-30H2,1-11H3. The first-order valence-corrected chi connectivity index (χ1v) is 24.6. The molecule has 0 radical (unpaired) electrons. The lowest BCUT2D eigenvalue weighted by molar-refractivity contribution is 0.332. The van der Waals surface area contributed by atoms with Gasteiger partial charge in [0.2, 0.25) is 0 Å². The first-order chi connectivity index (χ1) is 31.3. The topological polar surface area (TPSA) is 21.3 Å². The maximum Gasteiger partial charge on any atom is 0.333 e. The molecule has 0 bridgehead atoms. The molecule has 0 unspecified atom stereocenters. The molecular weight excluding hydrogens is 800 g/mol. The molecule has 2 aromatic heterocycles. The van der Waals surface area contributed by atoms with Crippen LogP contribution < -0.4 is 15.7 Å². The number of nitrogens with zero attached hydrogens (tertiary/aromatic N) is 2. The van der Waals surface area contributed by atoms with Gasteiger partial charge in [0, 0.05) is 49.7 Å². The van der Waals surface area contributed by atoms with Crippen LogP contribution in [-0.4, -0.2) is 11.4 Å². The third-order valence-electron chi connectivity index (χ3n) is 17.2. The molecule has 0 saturated heterocycles. The zero-order chi connectivity index (χ0) is 45.6. The Bertz CT molecular complexity index is 3570. The number of anilines is 2. The summed E-state index contributed by atoms with van der Waals surface area (Å²) in [4.78, 5) is 2.76. The minimum atomic E-state index is -0.118. The van der Waals surface area contributed by atoms with Gasteiger partial charge in [-0.1, -0.05) is 149 Å². The lowest BCUT2D eigenvalue weighted by Gasteiger charge is -2.47. The predicted octanol–water partition coefficient (Wildman–Crippen LogP) is 15.6. The Kier molecular flexibility index (Phi) is 7.88. The van der Waals surface area contributed by atoms with Gasteiger partial charge in [-0.25, -0.2) is 0 Å². The average molecular weight is 861 g/mol. The van der Waals surface area contributed by atoms with Gasteiger partial charge >= 0.3 is 6.85 Å². The van der Waals surface area contributed by atoms with Gasteiger partial charge in [0.15, 0.2) is 0 Å². The Labute approximate surface area is 390 Å². The molecule has 4 heterocycles. The number of benzene rings is 7. The van der Waals surface area contributed by atoms with Crippen LogP contribution in [0.4, 0.5) is 11.4 Å². The molecule has 0 saturated carbocycles. The van der Waals surface area contributed by atoms with Gasteiger partial charge in [-0.15, -0.1) is 0 Å². The summed E-state index contributed by atoms with van der Waals surface area (Å²) in [6.45, 7) is 26.7. The molecule has 2 aliphatic carbocycles. The number of rotatable bonds is 2. The summed E-state index contributed by atoms with van der Waals surface area (Å²) in [5.41, 5.74) is 23.5. The molecule has 0 atom stereocenters. The average Bonchev–Trinajstić information content (AvgIpc) is 3.84. The Morgan fingerprint density at radius 2 is 1.12 bits per heavy atom. The first kappa shape index (κ1) is 40.3. The molecule has 13 rings (SSSR count). The van der Waals surface area contributed by atoms with Crippen molar-refractivity contribution in [2.75, 3.05) is 4.81 Å². The number of hydrogen-bond donors (Lipinski definition) is 0. The molecule has 7 aromatic carbocycles. The smallest absolute Gasteiger partial charge is 0.333 e. The largest absolute Gasteiger partial charge is 0.455 e. The van der Waals surface area contributed by atoms with Crippen LogP contribution >= 0.6 is 0 Å². The first-order valence-electron chi connectivity index (χ1n) is 24.6. The molecule has 4 aliphatic rings. The van der Waals surface area contributed by atoms with Gasteiger partial charge in [-0.05, 0) is 151 Å². The fraction of sp³-hybridized carbons (Fsp3) is 0.323. The number of hydrogen-bond acceptors (Lipinski definition) is 2. The molecule has 0 amide bonds. The van der Waals surface area contributed by atoms with Crippen LogP contribution in [0.25, 0.3) is 71.7 Å². The molecule has 0 N–H and O–H groups in total. The summed E-state index contributed by atoms with van der Waals surface area (Å²) in [5.74, 6) is 0. The highest BCUT2D eigenvalue weighted by molar-refractivity contribution is 6.94. The fourth-order valence-electron chi connectivity index (χ4n) is 13.1. The molecule has 9 aromatic rings. The number of fused-ring (bicyclic) bond motifs is 15. The van der Waals surface area contributed by atoms with Crippen molar-refractivity contribution in [3.05, 3.63) is 149 Å². The van der Waals surface area contributed by atoms with Crippen molar-refractivity contribution < 1.29 is 4.42 Å². The number of aromatic nitrogens is 1. The molecule has 4 heteroatoms. The Hall–Kier alpha value is -6.00. The van der Waals surface area contributed by atoms with Gasteiger partial charge in [0.05, 0.1) is 11.0 Å². The second-order valence-electron chi connectivity index (χ2n) is 24.2. The molecule has 328 valence electrons. The van der Waals surface area contributed by atoms with Gasteiger partial charge < -0.3 is 13.8 Å². The summed E-state index contributed by atoms with van der Waals surface area (Å²) in [5, 5.41) is 5.04. The zero-order valence-corrected chi connectivity index (χ0v) is 40.8.